The lowest BCUT2D eigenvalue weighted by Gasteiger charge is -2.11. The van der Waals surface area contributed by atoms with Gasteiger partial charge in [0.15, 0.2) is 0 Å². The van der Waals surface area contributed by atoms with Gasteiger partial charge in [0.1, 0.15) is 0 Å². The number of carboxylic acid groups (broad SMARTS) is 1. The quantitative estimate of drug-likeness (QED) is 0.532. The minimum atomic E-state index is -0.709. The molecule has 1 rings (SSSR count). The molecule has 2 atom stereocenters. The van der Waals surface area contributed by atoms with E-state index in [1.54, 1.807) is 0 Å². The predicted octanol–water partition coefficient (Wildman–Crippen LogP) is 1.99. The smallest absolute Gasteiger partial charge is 0.306 e. The summed E-state index contributed by atoms with van der Waals surface area (Å²) in [5.74, 6) is -1.11. The highest BCUT2D eigenvalue weighted by molar-refractivity contribution is 5.70. The Labute approximate surface area is 107 Å². The summed E-state index contributed by atoms with van der Waals surface area (Å²) < 4.78 is 10.2. The number of ether oxygens (including phenoxy) is 2. The molecule has 0 spiro atoms. The van der Waals surface area contributed by atoms with Crippen molar-refractivity contribution >= 4 is 11.9 Å². The van der Waals surface area contributed by atoms with Crippen LogP contribution in [0.15, 0.2) is 0 Å². The van der Waals surface area contributed by atoms with Crippen LogP contribution in [0.25, 0.3) is 0 Å². The van der Waals surface area contributed by atoms with E-state index in [0.717, 1.165) is 32.1 Å². The SMILES string of the molecule is COC(=O)CCCCCO[C@@H]1CC[C@H](C(=O)O)C1. The van der Waals surface area contributed by atoms with Crippen molar-refractivity contribution in [2.75, 3.05) is 13.7 Å². The third kappa shape index (κ3) is 5.49. The molecule has 1 aliphatic carbocycles. The molecule has 0 aromatic rings. The van der Waals surface area contributed by atoms with E-state index >= 15 is 0 Å². The molecular formula is C13H22O5. The molecule has 0 aromatic heterocycles. The maximum Gasteiger partial charge on any atom is 0.306 e. The van der Waals surface area contributed by atoms with Gasteiger partial charge in [0, 0.05) is 13.0 Å². The number of methoxy groups -OCH3 is 1. The van der Waals surface area contributed by atoms with Gasteiger partial charge in [0.05, 0.1) is 19.1 Å². The number of rotatable bonds is 8. The number of hydrogen-bond acceptors (Lipinski definition) is 4. The summed E-state index contributed by atoms with van der Waals surface area (Å²) >= 11 is 0. The van der Waals surface area contributed by atoms with Gasteiger partial charge >= 0.3 is 11.9 Å². The summed E-state index contributed by atoms with van der Waals surface area (Å²) in [6, 6.07) is 0. The number of aliphatic carboxylic acids is 1. The van der Waals surface area contributed by atoms with Gasteiger partial charge in [-0.3, -0.25) is 9.59 Å². The molecule has 0 amide bonds. The van der Waals surface area contributed by atoms with E-state index in [1.807, 2.05) is 0 Å². The Bertz CT molecular complexity index is 277. The van der Waals surface area contributed by atoms with Crippen LogP contribution in [0.4, 0.5) is 0 Å². The Morgan fingerprint density at radius 1 is 1.22 bits per heavy atom. The van der Waals surface area contributed by atoms with Crippen LogP contribution in [0.1, 0.15) is 44.9 Å². The summed E-state index contributed by atoms with van der Waals surface area (Å²) in [5.41, 5.74) is 0. The summed E-state index contributed by atoms with van der Waals surface area (Å²) in [7, 11) is 1.39. The highest BCUT2D eigenvalue weighted by atomic mass is 16.5. The first kappa shape index (κ1) is 15.0. The molecule has 5 heteroatoms. The van der Waals surface area contributed by atoms with Crippen molar-refractivity contribution in [1.29, 1.82) is 0 Å². The lowest BCUT2D eigenvalue weighted by Crippen LogP contribution is -2.13. The molecule has 1 fully saturated rings. The van der Waals surface area contributed by atoms with Crippen LogP contribution in [0.5, 0.6) is 0 Å². The minimum Gasteiger partial charge on any atom is -0.481 e. The third-order valence-electron chi connectivity index (χ3n) is 3.34. The van der Waals surface area contributed by atoms with E-state index in [9.17, 15) is 9.59 Å². The van der Waals surface area contributed by atoms with Gasteiger partial charge in [-0.05, 0) is 32.1 Å². The van der Waals surface area contributed by atoms with Crippen molar-refractivity contribution in [3.8, 4) is 0 Å². The second-order valence-electron chi connectivity index (χ2n) is 4.73. The minimum absolute atomic E-state index is 0.103. The van der Waals surface area contributed by atoms with Crippen LogP contribution in [0.3, 0.4) is 0 Å². The molecule has 1 saturated carbocycles. The van der Waals surface area contributed by atoms with Crippen LogP contribution in [0.2, 0.25) is 0 Å². The summed E-state index contributed by atoms with van der Waals surface area (Å²) in [5, 5.41) is 8.85. The van der Waals surface area contributed by atoms with Gasteiger partial charge in [-0.15, -0.1) is 0 Å². The summed E-state index contributed by atoms with van der Waals surface area (Å²) in [4.78, 5) is 21.6. The standard InChI is InChI=1S/C13H22O5/c1-17-12(14)5-3-2-4-8-18-11-7-6-10(9-11)13(15)16/h10-11H,2-9H2,1H3,(H,15,16)/t10-,11+/m0/s1. The van der Waals surface area contributed by atoms with Gasteiger partial charge in [-0.25, -0.2) is 0 Å². The monoisotopic (exact) mass is 258 g/mol. The van der Waals surface area contributed by atoms with E-state index in [1.165, 1.54) is 7.11 Å². The molecule has 0 saturated heterocycles. The predicted molar refractivity (Wildman–Crippen MR) is 65.2 cm³/mol. The Kier molecular flexibility index (Phi) is 6.72. The lowest BCUT2D eigenvalue weighted by atomic mass is 10.1. The second-order valence-corrected chi connectivity index (χ2v) is 4.73. The van der Waals surface area contributed by atoms with Crippen molar-refractivity contribution in [2.24, 2.45) is 5.92 Å². The highest BCUT2D eigenvalue weighted by Gasteiger charge is 2.29. The first-order valence-corrected chi connectivity index (χ1v) is 6.54. The van der Waals surface area contributed by atoms with Gasteiger partial charge in [-0.1, -0.05) is 6.42 Å². The van der Waals surface area contributed by atoms with Crippen molar-refractivity contribution < 1.29 is 24.2 Å². The van der Waals surface area contributed by atoms with Gasteiger partial charge in [0.25, 0.3) is 0 Å². The Balaban J connectivity index is 1.96. The zero-order chi connectivity index (χ0) is 13.4. The number of unbranched alkanes of at least 4 members (excludes halogenated alkanes) is 2. The molecular weight excluding hydrogens is 236 g/mol. The molecule has 1 aliphatic rings. The van der Waals surface area contributed by atoms with Crippen molar-refractivity contribution in [2.45, 2.75) is 51.0 Å². The zero-order valence-electron chi connectivity index (χ0n) is 10.9. The van der Waals surface area contributed by atoms with E-state index in [4.69, 9.17) is 9.84 Å². The highest BCUT2D eigenvalue weighted by Crippen LogP contribution is 2.28. The molecule has 1 N–H and O–H groups in total. The van der Waals surface area contributed by atoms with Crippen molar-refractivity contribution in [3.05, 3.63) is 0 Å². The second kappa shape index (κ2) is 8.08. The molecule has 0 heterocycles. The van der Waals surface area contributed by atoms with Crippen LogP contribution in [-0.4, -0.2) is 36.9 Å². The topological polar surface area (TPSA) is 72.8 Å². The van der Waals surface area contributed by atoms with E-state index in [2.05, 4.69) is 4.74 Å². The third-order valence-corrected chi connectivity index (χ3v) is 3.34. The average molecular weight is 258 g/mol. The van der Waals surface area contributed by atoms with Gasteiger partial charge < -0.3 is 14.6 Å². The Morgan fingerprint density at radius 2 is 2.00 bits per heavy atom. The first-order valence-electron chi connectivity index (χ1n) is 6.54. The molecule has 5 nitrogen and oxygen atoms in total. The number of carbonyl (C=O) groups is 2. The van der Waals surface area contributed by atoms with E-state index < -0.39 is 5.97 Å². The molecule has 0 bridgehead atoms. The van der Waals surface area contributed by atoms with E-state index in [0.29, 0.717) is 19.4 Å². The number of hydrogen-bond donors (Lipinski definition) is 1. The first-order chi connectivity index (χ1) is 8.63. The molecule has 0 aromatic carbocycles. The fourth-order valence-electron chi connectivity index (χ4n) is 2.22. The fourth-order valence-corrected chi connectivity index (χ4v) is 2.22. The Hall–Kier alpha value is -1.10. The van der Waals surface area contributed by atoms with E-state index in [-0.39, 0.29) is 18.0 Å². The molecule has 0 unspecified atom stereocenters. The Morgan fingerprint density at radius 3 is 2.61 bits per heavy atom. The van der Waals surface area contributed by atoms with Crippen LogP contribution in [0, 0.1) is 5.92 Å². The van der Waals surface area contributed by atoms with Gasteiger partial charge in [-0.2, -0.15) is 0 Å². The lowest BCUT2D eigenvalue weighted by molar-refractivity contribution is -0.142. The molecule has 0 radical (unpaired) electrons. The fraction of sp³-hybridized carbons (Fsp3) is 0.846. The average Bonchev–Trinajstić information content (AvgIpc) is 2.82. The van der Waals surface area contributed by atoms with Crippen LogP contribution < -0.4 is 0 Å². The normalized spacial score (nSPS) is 22.9. The maximum atomic E-state index is 10.8. The maximum absolute atomic E-state index is 10.8. The zero-order valence-corrected chi connectivity index (χ0v) is 10.9. The van der Waals surface area contributed by atoms with Crippen LogP contribution in [-0.2, 0) is 19.1 Å². The molecule has 104 valence electrons. The number of carbonyl (C=O) groups excluding carboxylic acids is 1. The van der Waals surface area contributed by atoms with Crippen LogP contribution >= 0.6 is 0 Å². The number of esters is 1. The summed E-state index contributed by atoms with van der Waals surface area (Å²) in [6.45, 7) is 0.651. The molecule has 18 heavy (non-hydrogen) atoms. The van der Waals surface area contributed by atoms with Crippen molar-refractivity contribution in [1.82, 2.24) is 0 Å². The molecule has 0 aliphatic heterocycles. The summed E-state index contributed by atoms with van der Waals surface area (Å²) in [6.07, 6.45) is 5.43. The number of carboxylic acids is 1. The van der Waals surface area contributed by atoms with Crippen molar-refractivity contribution in [3.63, 3.8) is 0 Å². The van der Waals surface area contributed by atoms with Gasteiger partial charge in [0.2, 0.25) is 0 Å². The largest absolute Gasteiger partial charge is 0.481 e.